The number of hydrogen-bond acceptors (Lipinski definition) is 6. The number of aromatic nitrogens is 2. The number of benzene rings is 1. The molecule has 0 unspecified atom stereocenters. The first-order chi connectivity index (χ1) is 11.9. The highest BCUT2D eigenvalue weighted by atomic mass is 35.5. The van der Waals surface area contributed by atoms with Gasteiger partial charge < -0.3 is 20.3 Å². The standard InChI is InChI=1S/C17H22ClN5O2/c1-11-9-14(15(25-4)10-12(11)18)20-17(24)13-5-6-16(22-21-13)19-7-8-23(2)3/h5-6,9-10H,7-8H2,1-4H3,(H,19,22)(H,20,24). The van der Waals surface area contributed by atoms with Crippen molar-refractivity contribution >= 4 is 29.0 Å². The minimum absolute atomic E-state index is 0.216. The second-order valence-corrected chi connectivity index (χ2v) is 6.20. The molecule has 1 heterocycles. The third-order valence-corrected chi connectivity index (χ3v) is 3.90. The Morgan fingerprint density at radius 2 is 2.04 bits per heavy atom. The average Bonchev–Trinajstić information content (AvgIpc) is 2.58. The Kier molecular flexibility index (Phi) is 6.55. The zero-order valence-corrected chi connectivity index (χ0v) is 15.5. The summed E-state index contributed by atoms with van der Waals surface area (Å²) in [5.74, 6) is 0.740. The van der Waals surface area contributed by atoms with E-state index in [9.17, 15) is 4.79 Å². The van der Waals surface area contributed by atoms with E-state index in [2.05, 4.69) is 25.7 Å². The number of ether oxygens (including phenoxy) is 1. The van der Waals surface area contributed by atoms with Crippen LogP contribution >= 0.6 is 11.6 Å². The number of amides is 1. The molecule has 7 nitrogen and oxygen atoms in total. The predicted molar refractivity (Wildman–Crippen MR) is 99.8 cm³/mol. The fraction of sp³-hybridized carbons (Fsp3) is 0.353. The van der Waals surface area contributed by atoms with Crippen molar-refractivity contribution in [3.8, 4) is 5.75 Å². The van der Waals surface area contributed by atoms with Gasteiger partial charge in [-0.1, -0.05) is 11.6 Å². The summed E-state index contributed by atoms with van der Waals surface area (Å²) >= 11 is 6.07. The number of rotatable bonds is 7. The molecule has 0 spiro atoms. The lowest BCUT2D eigenvalue weighted by Gasteiger charge is -2.12. The molecule has 1 amide bonds. The van der Waals surface area contributed by atoms with Crippen LogP contribution in [-0.4, -0.2) is 55.3 Å². The Labute approximate surface area is 152 Å². The number of anilines is 2. The molecule has 1 aromatic heterocycles. The van der Waals surface area contributed by atoms with Gasteiger partial charge in [0.25, 0.3) is 5.91 Å². The van der Waals surface area contributed by atoms with Gasteiger partial charge >= 0.3 is 0 Å². The second-order valence-electron chi connectivity index (χ2n) is 5.79. The summed E-state index contributed by atoms with van der Waals surface area (Å²) in [6, 6.07) is 6.76. The van der Waals surface area contributed by atoms with E-state index in [1.165, 1.54) is 7.11 Å². The molecule has 2 rings (SSSR count). The summed E-state index contributed by atoms with van der Waals surface area (Å²) in [7, 11) is 5.51. The van der Waals surface area contributed by atoms with Crippen LogP contribution in [0.3, 0.4) is 0 Å². The Bertz CT molecular complexity index is 735. The molecule has 0 fully saturated rings. The zero-order valence-electron chi connectivity index (χ0n) is 14.8. The van der Waals surface area contributed by atoms with E-state index in [0.29, 0.717) is 22.3 Å². The van der Waals surface area contributed by atoms with Gasteiger partial charge in [0.2, 0.25) is 0 Å². The van der Waals surface area contributed by atoms with E-state index in [4.69, 9.17) is 16.3 Å². The first kappa shape index (κ1) is 19.0. The van der Waals surface area contributed by atoms with Crippen LogP contribution in [0.25, 0.3) is 0 Å². The molecule has 2 N–H and O–H groups in total. The van der Waals surface area contributed by atoms with Gasteiger partial charge in [0, 0.05) is 24.2 Å². The Balaban J connectivity index is 2.05. The van der Waals surface area contributed by atoms with Gasteiger partial charge in [-0.3, -0.25) is 4.79 Å². The van der Waals surface area contributed by atoms with Crippen LogP contribution < -0.4 is 15.4 Å². The van der Waals surface area contributed by atoms with Crippen LogP contribution in [0.4, 0.5) is 11.5 Å². The molecular formula is C17H22ClN5O2. The fourth-order valence-electron chi connectivity index (χ4n) is 2.07. The normalized spacial score (nSPS) is 10.6. The number of carbonyl (C=O) groups is 1. The zero-order chi connectivity index (χ0) is 18.4. The number of aryl methyl sites for hydroxylation is 1. The summed E-state index contributed by atoms with van der Waals surface area (Å²) in [6.45, 7) is 3.47. The molecule has 0 saturated heterocycles. The molecule has 134 valence electrons. The molecule has 0 radical (unpaired) electrons. The number of nitrogens with one attached hydrogen (secondary N) is 2. The highest BCUT2D eigenvalue weighted by Gasteiger charge is 2.13. The van der Waals surface area contributed by atoms with Crippen molar-refractivity contribution in [2.75, 3.05) is 44.9 Å². The number of hydrogen-bond donors (Lipinski definition) is 2. The van der Waals surface area contributed by atoms with Crippen molar-refractivity contribution in [1.82, 2.24) is 15.1 Å². The minimum atomic E-state index is -0.368. The number of halogens is 1. The quantitative estimate of drug-likeness (QED) is 0.787. The maximum atomic E-state index is 12.4. The number of nitrogens with zero attached hydrogens (tertiary/aromatic N) is 3. The molecular weight excluding hydrogens is 342 g/mol. The van der Waals surface area contributed by atoms with E-state index in [1.807, 2.05) is 21.0 Å². The summed E-state index contributed by atoms with van der Waals surface area (Å²) in [5, 5.41) is 14.5. The molecule has 25 heavy (non-hydrogen) atoms. The molecule has 0 atom stereocenters. The minimum Gasteiger partial charge on any atom is -0.495 e. The van der Waals surface area contributed by atoms with Gasteiger partial charge in [-0.05, 0) is 44.8 Å². The molecule has 2 aromatic rings. The SMILES string of the molecule is COc1cc(Cl)c(C)cc1NC(=O)c1ccc(NCCN(C)C)nn1. The van der Waals surface area contributed by atoms with Gasteiger partial charge in [-0.25, -0.2) is 0 Å². The topological polar surface area (TPSA) is 79.4 Å². The van der Waals surface area contributed by atoms with Crippen molar-refractivity contribution in [3.63, 3.8) is 0 Å². The number of likely N-dealkylation sites (N-methyl/N-ethyl adjacent to an activating group) is 1. The van der Waals surface area contributed by atoms with Crippen LogP contribution in [-0.2, 0) is 0 Å². The molecule has 0 aliphatic heterocycles. The smallest absolute Gasteiger partial charge is 0.276 e. The lowest BCUT2D eigenvalue weighted by molar-refractivity contribution is 0.102. The molecule has 0 bridgehead atoms. The predicted octanol–water partition coefficient (Wildman–Crippen LogP) is 2.67. The molecule has 1 aromatic carbocycles. The van der Waals surface area contributed by atoms with Gasteiger partial charge in [0.1, 0.15) is 11.6 Å². The molecule has 0 aliphatic rings. The van der Waals surface area contributed by atoms with Crippen LogP contribution in [0.1, 0.15) is 16.1 Å². The molecule has 0 aliphatic carbocycles. The van der Waals surface area contributed by atoms with E-state index in [1.54, 1.807) is 24.3 Å². The first-order valence-electron chi connectivity index (χ1n) is 7.78. The third-order valence-electron chi connectivity index (χ3n) is 3.49. The van der Waals surface area contributed by atoms with Crippen molar-refractivity contribution in [2.24, 2.45) is 0 Å². The summed E-state index contributed by atoms with van der Waals surface area (Å²) < 4.78 is 5.25. The van der Waals surface area contributed by atoms with Crippen molar-refractivity contribution in [1.29, 1.82) is 0 Å². The van der Waals surface area contributed by atoms with Crippen LogP contribution in [0.2, 0.25) is 5.02 Å². The Hall–Kier alpha value is -2.38. The first-order valence-corrected chi connectivity index (χ1v) is 8.16. The highest BCUT2D eigenvalue weighted by Crippen LogP contribution is 2.31. The molecule has 0 saturated carbocycles. The monoisotopic (exact) mass is 363 g/mol. The lowest BCUT2D eigenvalue weighted by atomic mass is 10.2. The lowest BCUT2D eigenvalue weighted by Crippen LogP contribution is -2.21. The van der Waals surface area contributed by atoms with E-state index in [0.717, 1.165) is 18.7 Å². The van der Waals surface area contributed by atoms with Gasteiger partial charge in [0.15, 0.2) is 5.69 Å². The largest absolute Gasteiger partial charge is 0.495 e. The summed E-state index contributed by atoms with van der Waals surface area (Å²) in [5.41, 5.74) is 1.58. The fourth-order valence-corrected chi connectivity index (χ4v) is 2.23. The maximum Gasteiger partial charge on any atom is 0.276 e. The Morgan fingerprint density at radius 1 is 1.28 bits per heavy atom. The van der Waals surface area contributed by atoms with E-state index in [-0.39, 0.29) is 11.6 Å². The second kappa shape index (κ2) is 8.64. The van der Waals surface area contributed by atoms with Gasteiger partial charge in [0.05, 0.1) is 12.8 Å². The number of methoxy groups -OCH3 is 1. The molecule has 8 heteroatoms. The van der Waals surface area contributed by atoms with Crippen molar-refractivity contribution in [2.45, 2.75) is 6.92 Å². The third kappa shape index (κ3) is 5.30. The van der Waals surface area contributed by atoms with Crippen molar-refractivity contribution in [3.05, 3.63) is 40.5 Å². The van der Waals surface area contributed by atoms with Crippen LogP contribution in [0.15, 0.2) is 24.3 Å². The average molecular weight is 364 g/mol. The highest BCUT2D eigenvalue weighted by molar-refractivity contribution is 6.31. The maximum absolute atomic E-state index is 12.4. The van der Waals surface area contributed by atoms with Gasteiger partial charge in [-0.2, -0.15) is 0 Å². The van der Waals surface area contributed by atoms with Crippen LogP contribution in [0, 0.1) is 6.92 Å². The summed E-state index contributed by atoms with van der Waals surface area (Å²) in [6.07, 6.45) is 0. The number of carbonyl (C=O) groups excluding carboxylic acids is 1. The van der Waals surface area contributed by atoms with Gasteiger partial charge in [-0.15, -0.1) is 10.2 Å². The van der Waals surface area contributed by atoms with Crippen LogP contribution in [0.5, 0.6) is 5.75 Å². The Morgan fingerprint density at radius 3 is 2.64 bits per heavy atom. The summed E-state index contributed by atoms with van der Waals surface area (Å²) in [4.78, 5) is 14.4. The van der Waals surface area contributed by atoms with Crippen molar-refractivity contribution < 1.29 is 9.53 Å². The van der Waals surface area contributed by atoms with E-state index < -0.39 is 0 Å². The van der Waals surface area contributed by atoms with E-state index >= 15 is 0 Å².